The number of ether oxygens (including phenoxy) is 1. The Morgan fingerprint density at radius 1 is 1.27 bits per heavy atom. The zero-order valence-electron chi connectivity index (χ0n) is 14.3. The first-order valence-corrected chi connectivity index (χ1v) is 8.57. The van der Waals surface area contributed by atoms with Crippen molar-refractivity contribution in [2.24, 2.45) is 0 Å². The maximum absolute atomic E-state index is 13.0. The highest BCUT2D eigenvalue weighted by Crippen LogP contribution is 2.24. The van der Waals surface area contributed by atoms with Crippen LogP contribution in [0.25, 0.3) is 5.65 Å². The van der Waals surface area contributed by atoms with Gasteiger partial charge in [-0.05, 0) is 11.6 Å². The molecule has 0 unspecified atom stereocenters. The van der Waals surface area contributed by atoms with E-state index in [2.05, 4.69) is 10.1 Å². The molecule has 7 nitrogen and oxygen atoms in total. The Labute approximate surface area is 150 Å². The van der Waals surface area contributed by atoms with Gasteiger partial charge in [0.2, 0.25) is 0 Å². The molecule has 7 heteroatoms. The molecule has 0 saturated carbocycles. The number of aliphatic hydroxyl groups excluding tert-OH is 1. The molecule has 4 rings (SSSR count). The minimum absolute atomic E-state index is 0.145. The predicted octanol–water partition coefficient (Wildman–Crippen LogP) is 1.18. The van der Waals surface area contributed by atoms with E-state index in [-0.39, 0.29) is 12.5 Å². The van der Waals surface area contributed by atoms with Gasteiger partial charge in [-0.15, -0.1) is 0 Å². The molecule has 1 aliphatic heterocycles. The maximum Gasteiger partial charge on any atom is 0.259 e. The smallest absolute Gasteiger partial charge is 0.259 e. The number of rotatable bonds is 4. The van der Waals surface area contributed by atoms with Crippen molar-refractivity contribution >= 4 is 11.6 Å². The van der Waals surface area contributed by atoms with Crippen molar-refractivity contribution < 1.29 is 14.6 Å². The predicted molar refractivity (Wildman–Crippen MR) is 94.8 cm³/mol. The largest absolute Gasteiger partial charge is 0.393 e. The molecule has 3 aromatic rings. The van der Waals surface area contributed by atoms with Gasteiger partial charge in [-0.3, -0.25) is 4.79 Å². The number of aromatic nitrogens is 3. The summed E-state index contributed by atoms with van der Waals surface area (Å²) in [6.07, 6.45) is 5.48. The molecule has 0 bridgehead atoms. The molecule has 3 heterocycles. The van der Waals surface area contributed by atoms with E-state index in [1.807, 2.05) is 30.3 Å². The van der Waals surface area contributed by atoms with Crippen LogP contribution in [0.1, 0.15) is 15.9 Å². The number of carbonyl (C=O) groups excluding carboxylic acids is 1. The van der Waals surface area contributed by atoms with Crippen molar-refractivity contribution in [2.45, 2.75) is 12.0 Å². The van der Waals surface area contributed by atoms with Gasteiger partial charge >= 0.3 is 0 Å². The summed E-state index contributed by atoms with van der Waals surface area (Å²) >= 11 is 0. The molecule has 0 spiro atoms. The molecule has 2 aromatic heterocycles. The lowest BCUT2D eigenvalue weighted by molar-refractivity contribution is -0.123. The number of hydrogen-bond donors (Lipinski definition) is 1. The number of fused-ring (bicyclic) bond motifs is 1. The monoisotopic (exact) mass is 352 g/mol. The second-order valence-electron chi connectivity index (χ2n) is 6.52. The number of benzene rings is 1. The lowest BCUT2D eigenvalue weighted by Crippen LogP contribution is -2.56. The third-order valence-electron chi connectivity index (χ3n) is 4.70. The van der Waals surface area contributed by atoms with E-state index >= 15 is 0 Å². The molecule has 1 atom stereocenters. The Kier molecular flexibility index (Phi) is 4.40. The molecular weight excluding hydrogens is 332 g/mol. The van der Waals surface area contributed by atoms with E-state index in [9.17, 15) is 9.90 Å². The fraction of sp³-hybridized carbons (Fsp3) is 0.316. The van der Waals surface area contributed by atoms with E-state index < -0.39 is 5.60 Å². The quantitative estimate of drug-likeness (QED) is 0.763. The average molecular weight is 352 g/mol. The van der Waals surface area contributed by atoms with Gasteiger partial charge < -0.3 is 14.7 Å². The van der Waals surface area contributed by atoms with Crippen LogP contribution in [0.4, 0.5) is 0 Å². The first-order chi connectivity index (χ1) is 12.7. The van der Waals surface area contributed by atoms with Gasteiger partial charge in [0, 0.05) is 25.4 Å². The van der Waals surface area contributed by atoms with Crippen molar-refractivity contribution in [3.05, 3.63) is 66.1 Å². The standard InChI is InChI=1S/C19H20N4O3/c24-14-19(11-15-5-2-1-3-6-15)13-22(9-10-26-19)18(25)16-12-21-23-8-4-7-20-17(16)23/h1-8,12,24H,9-11,13-14H2/t19-/m0/s1. The number of aliphatic hydroxyl groups is 1. The average Bonchev–Trinajstić information content (AvgIpc) is 3.12. The van der Waals surface area contributed by atoms with Gasteiger partial charge in [0.05, 0.1) is 26.0 Å². The maximum atomic E-state index is 13.0. The Morgan fingerprint density at radius 3 is 2.92 bits per heavy atom. The van der Waals surface area contributed by atoms with Crippen molar-refractivity contribution in [2.75, 3.05) is 26.3 Å². The van der Waals surface area contributed by atoms with Crippen LogP contribution in [-0.4, -0.2) is 62.4 Å². The molecule has 26 heavy (non-hydrogen) atoms. The number of carbonyl (C=O) groups is 1. The fourth-order valence-corrected chi connectivity index (χ4v) is 3.39. The van der Waals surface area contributed by atoms with E-state index in [0.717, 1.165) is 5.56 Å². The number of amides is 1. The van der Waals surface area contributed by atoms with E-state index in [1.54, 1.807) is 27.9 Å². The first-order valence-electron chi connectivity index (χ1n) is 8.57. The molecule has 1 N–H and O–H groups in total. The summed E-state index contributed by atoms with van der Waals surface area (Å²) in [5.74, 6) is -0.145. The fourth-order valence-electron chi connectivity index (χ4n) is 3.39. The van der Waals surface area contributed by atoms with Crippen molar-refractivity contribution in [3.63, 3.8) is 0 Å². The van der Waals surface area contributed by atoms with E-state index in [1.165, 1.54) is 6.20 Å². The highest BCUT2D eigenvalue weighted by Gasteiger charge is 2.39. The second kappa shape index (κ2) is 6.86. The van der Waals surface area contributed by atoms with E-state index in [0.29, 0.717) is 37.3 Å². The zero-order valence-corrected chi connectivity index (χ0v) is 14.3. The van der Waals surface area contributed by atoms with Crippen LogP contribution in [0.15, 0.2) is 55.0 Å². The third-order valence-corrected chi connectivity index (χ3v) is 4.70. The molecule has 1 aliphatic rings. The van der Waals surface area contributed by atoms with Crippen LogP contribution >= 0.6 is 0 Å². The highest BCUT2D eigenvalue weighted by atomic mass is 16.5. The molecular formula is C19H20N4O3. The number of morpholine rings is 1. The minimum Gasteiger partial charge on any atom is -0.393 e. The summed E-state index contributed by atoms with van der Waals surface area (Å²) in [6, 6.07) is 11.6. The van der Waals surface area contributed by atoms with Crippen LogP contribution in [0, 0.1) is 0 Å². The van der Waals surface area contributed by atoms with Crippen LogP contribution in [0.5, 0.6) is 0 Å². The number of hydrogen-bond acceptors (Lipinski definition) is 5. The van der Waals surface area contributed by atoms with Gasteiger partial charge in [-0.1, -0.05) is 30.3 Å². The van der Waals surface area contributed by atoms with Crippen molar-refractivity contribution in [3.8, 4) is 0 Å². The Morgan fingerprint density at radius 2 is 2.12 bits per heavy atom. The summed E-state index contributed by atoms with van der Waals surface area (Å²) in [6.45, 7) is 1.02. The summed E-state index contributed by atoms with van der Waals surface area (Å²) in [4.78, 5) is 19.0. The summed E-state index contributed by atoms with van der Waals surface area (Å²) in [5.41, 5.74) is 1.25. The number of nitrogens with zero attached hydrogens (tertiary/aromatic N) is 4. The minimum atomic E-state index is -0.800. The normalized spacial score (nSPS) is 20.4. The molecule has 1 amide bonds. The molecule has 0 aliphatic carbocycles. The third kappa shape index (κ3) is 3.07. The molecule has 1 fully saturated rings. The zero-order chi connectivity index (χ0) is 18.0. The van der Waals surface area contributed by atoms with Crippen LogP contribution < -0.4 is 0 Å². The van der Waals surface area contributed by atoms with Gasteiger partial charge in [-0.25, -0.2) is 9.50 Å². The van der Waals surface area contributed by atoms with Gasteiger partial charge in [0.1, 0.15) is 11.2 Å². The molecule has 1 saturated heterocycles. The summed E-state index contributed by atoms with van der Waals surface area (Å²) in [5, 5.41) is 14.2. The molecule has 0 radical (unpaired) electrons. The van der Waals surface area contributed by atoms with Crippen LogP contribution in [0.3, 0.4) is 0 Å². The Bertz CT molecular complexity index is 911. The molecule has 134 valence electrons. The van der Waals surface area contributed by atoms with Crippen LogP contribution in [-0.2, 0) is 11.2 Å². The van der Waals surface area contributed by atoms with Gasteiger partial charge in [0.15, 0.2) is 5.65 Å². The summed E-state index contributed by atoms with van der Waals surface area (Å²) < 4.78 is 7.50. The van der Waals surface area contributed by atoms with Crippen molar-refractivity contribution in [1.82, 2.24) is 19.5 Å². The van der Waals surface area contributed by atoms with Gasteiger partial charge in [-0.2, -0.15) is 5.10 Å². The topological polar surface area (TPSA) is 80.0 Å². The summed E-state index contributed by atoms with van der Waals surface area (Å²) in [7, 11) is 0. The lowest BCUT2D eigenvalue weighted by atomic mass is 9.93. The van der Waals surface area contributed by atoms with E-state index in [4.69, 9.17) is 4.74 Å². The van der Waals surface area contributed by atoms with Crippen LogP contribution in [0.2, 0.25) is 0 Å². The first kappa shape index (κ1) is 16.7. The SMILES string of the molecule is O=C(c1cnn2cccnc12)N1CCO[C@@](CO)(Cc2ccccc2)C1. The Hall–Kier alpha value is -2.77. The highest BCUT2D eigenvalue weighted by molar-refractivity contribution is 5.99. The molecule has 1 aromatic carbocycles. The Balaban J connectivity index is 1.58. The lowest BCUT2D eigenvalue weighted by Gasteiger charge is -2.41. The van der Waals surface area contributed by atoms with Gasteiger partial charge in [0.25, 0.3) is 5.91 Å². The van der Waals surface area contributed by atoms with Crippen molar-refractivity contribution in [1.29, 1.82) is 0 Å². The second-order valence-corrected chi connectivity index (χ2v) is 6.52.